The third-order valence-corrected chi connectivity index (χ3v) is 3.68. The maximum absolute atomic E-state index is 11.3. The molecule has 0 aromatic rings. The lowest BCUT2D eigenvalue weighted by molar-refractivity contribution is -0.122. The molecule has 0 radical (unpaired) electrons. The highest BCUT2D eigenvalue weighted by Crippen LogP contribution is 2.29. The molecule has 90 valence electrons. The summed E-state index contributed by atoms with van der Waals surface area (Å²) >= 11 is 1.80. The standard InChI is InChI=1S/C11H24N2OS/c1-8(2)6-11(4,15-5)7-13-10(14)9(3)12/h8-9H,6-7,12H2,1-5H3,(H,13,14)/t9-,11?/m1/s1. The third kappa shape index (κ3) is 6.05. The quantitative estimate of drug-likeness (QED) is 0.731. The van der Waals surface area contributed by atoms with E-state index in [1.54, 1.807) is 18.7 Å². The molecule has 15 heavy (non-hydrogen) atoms. The van der Waals surface area contributed by atoms with Crippen molar-refractivity contribution in [2.45, 2.75) is 44.9 Å². The number of amides is 1. The van der Waals surface area contributed by atoms with Crippen LogP contribution in [0.3, 0.4) is 0 Å². The Morgan fingerprint density at radius 3 is 2.33 bits per heavy atom. The summed E-state index contributed by atoms with van der Waals surface area (Å²) in [5, 5.41) is 2.89. The molecule has 0 spiro atoms. The second-order valence-electron chi connectivity index (χ2n) is 4.76. The van der Waals surface area contributed by atoms with Gasteiger partial charge < -0.3 is 11.1 Å². The second kappa shape index (κ2) is 6.38. The van der Waals surface area contributed by atoms with E-state index in [1.165, 1.54) is 0 Å². The minimum Gasteiger partial charge on any atom is -0.353 e. The van der Waals surface area contributed by atoms with Gasteiger partial charge >= 0.3 is 0 Å². The van der Waals surface area contributed by atoms with Crippen LogP contribution in [0.25, 0.3) is 0 Å². The molecule has 3 N–H and O–H groups in total. The zero-order chi connectivity index (χ0) is 12.1. The monoisotopic (exact) mass is 232 g/mol. The van der Waals surface area contributed by atoms with Crippen molar-refractivity contribution in [2.24, 2.45) is 11.7 Å². The van der Waals surface area contributed by atoms with Crippen LogP contribution < -0.4 is 11.1 Å². The molecular formula is C11H24N2OS. The molecule has 0 aromatic heterocycles. The Morgan fingerprint density at radius 2 is 2.00 bits per heavy atom. The first-order chi connectivity index (χ1) is 6.80. The van der Waals surface area contributed by atoms with Crippen LogP contribution in [0.5, 0.6) is 0 Å². The van der Waals surface area contributed by atoms with Crippen molar-refractivity contribution < 1.29 is 4.79 Å². The van der Waals surface area contributed by atoms with E-state index in [0.29, 0.717) is 12.5 Å². The molecule has 1 unspecified atom stereocenters. The van der Waals surface area contributed by atoms with Gasteiger partial charge in [-0.3, -0.25) is 4.79 Å². The van der Waals surface area contributed by atoms with Crippen LogP contribution in [-0.4, -0.2) is 29.5 Å². The van der Waals surface area contributed by atoms with Crippen LogP contribution in [0.2, 0.25) is 0 Å². The molecule has 0 saturated carbocycles. The van der Waals surface area contributed by atoms with Gasteiger partial charge in [0.1, 0.15) is 0 Å². The Morgan fingerprint density at radius 1 is 1.47 bits per heavy atom. The number of nitrogens with two attached hydrogens (primary N) is 1. The van der Waals surface area contributed by atoms with Crippen LogP contribution >= 0.6 is 11.8 Å². The van der Waals surface area contributed by atoms with Gasteiger partial charge in [-0.05, 0) is 32.4 Å². The topological polar surface area (TPSA) is 55.1 Å². The largest absolute Gasteiger partial charge is 0.353 e. The molecule has 0 fully saturated rings. The van der Waals surface area contributed by atoms with Crippen molar-refractivity contribution in [2.75, 3.05) is 12.8 Å². The molecule has 2 atom stereocenters. The van der Waals surface area contributed by atoms with Gasteiger partial charge in [0.25, 0.3) is 0 Å². The predicted molar refractivity (Wildman–Crippen MR) is 68.0 cm³/mol. The van der Waals surface area contributed by atoms with Crippen molar-refractivity contribution in [1.29, 1.82) is 0 Å². The lowest BCUT2D eigenvalue weighted by Gasteiger charge is -2.30. The van der Waals surface area contributed by atoms with Crippen molar-refractivity contribution in [3.8, 4) is 0 Å². The average molecular weight is 232 g/mol. The summed E-state index contributed by atoms with van der Waals surface area (Å²) in [6.07, 6.45) is 3.17. The zero-order valence-corrected chi connectivity index (χ0v) is 11.3. The Hall–Kier alpha value is -0.220. The highest BCUT2D eigenvalue weighted by molar-refractivity contribution is 8.00. The summed E-state index contributed by atoms with van der Waals surface area (Å²) in [4.78, 5) is 11.3. The van der Waals surface area contributed by atoms with E-state index < -0.39 is 6.04 Å². The van der Waals surface area contributed by atoms with E-state index in [9.17, 15) is 4.79 Å². The fourth-order valence-corrected chi connectivity index (χ4v) is 2.24. The summed E-state index contributed by atoms with van der Waals surface area (Å²) in [6.45, 7) is 8.96. The number of thioether (sulfide) groups is 1. The van der Waals surface area contributed by atoms with Crippen LogP contribution in [0.1, 0.15) is 34.1 Å². The smallest absolute Gasteiger partial charge is 0.236 e. The zero-order valence-electron chi connectivity index (χ0n) is 10.5. The summed E-state index contributed by atoms with van der Waals surface area (Å²) in [6, 6.07) is -0.421. The minimum absolute atomic E-state index is 0.0703. The van der Waals surface area contributed by atoms with E-state index in [-0.39, 0.29) is 10.7 Å². The first-order valence-electron chi connectivity index (χ1n) is 5.39. The Bertz CT molecular complexity index is 207. The van der Waals surface area contributed by atoms with Crippen LogP contribution in [0, 0.1) is 5.92 Å². The summed E-state index contributed by atoms with van der Waals surface area (Å²) in [5.41, 5.74) is 5.49. The van der Waals surface area contributed by atoms with Gasteiger partial charge in [0.05, 0.1) is 6.04 Å². The average Bonchev–Trinajstić information content (AvgIpc) is 2.13. The van der Waals surface area contributed by atoms with Gasteiger partial charge in [-0.1, -0.05) is 13.8 Å². The fourth-order valence-electron chi connectivity index (χ4n) is 1.53. The Balaban J connectivity index is 4.14. The van der Waals surface area contributed by atoms with E-state index in [4.69, 9.17) is 5.73 Å². The SMILES string of the molecule is CSC(C)(CNC(=O)[C@@H](C)N)CC(C)C. The van der Waals surface area contributed by atoms with E-state index >= 15 is 0 Å². The lowest BCUT2D eigenvalue weighted by Crippen LogP contribution is -2.45. The number of carbonyl (C=O) groups excluding carboxylic acids is 1. The van der Waals surface area contributed by atoms with Gasteiger partial charge in [-0.25, -0.2) is 0 Å². The number of carbonyl (C=O) groups is 1. The highest BCUT2D eigenvalue weighted by atomic mass is 32.2. The molecular weight excluding hydrogens is 208 g/mol. The maximum atomic E-state index is 11.3. The van der Waals surface area contributed by atoms with Crippen LogP contribution in [-0.2, 0) is 4.79 Å². The van der Waals surface area contributed by atoms with Crippen molar-refractivity contribution in [1.82, 2.24) is 5.32 Å². The summed E-state index contributed by atoms with van der Waals surface area (Å²) < 4.78 is 0.110. The molecule has 4 heteroatoms. The maximum Gasteiger partial charge on any atom is 0.236 e. The highest BCUT2D eigenvalue weighted by Gasteiger charge is 2.25. The minimum atomic E-state index is -0.421. The summed E-state index contributed by atoms with van der Waals surface area (Å²) in [7, 11) is 0. The van der Waals surface area contributed by atoms with Crippen LogP contribution in [0.15, 0.2) is 0 Å². The second-order valence-corrected chi connectivity index (χ2v) is 6.15. The van der Waals surface area contributed by atoms with Crippen molar-refractivity contribution >= 4 is 17.7 Å². The third-order valence-electron chi connectivity index (χ3n) is 2.38. The Labute approximate surface area is 97.6 Å². The van der Waals surface area contributed by atoms with E-state index in [2.05, 4.69) is 32.3 Å². The molecule has 0 rings (SSSR count). The number of nitrogens with one attached hydrogen (secondary N) is 1. The molecule has 0 saturated heterocycles. The molecule has 1 amide bonds. The van der Waals surface area contributed by atoms with Gasteiger partial charge in [-0.2, -0.15) is 11.8 Å². The normalized spacial score (nSPS) is 17.3. The lowest BCUT2D eigenvalue weighted by atomic mass is 9.98. The molecule has 0 aliphatic rings. The van der Waals surface area contributed by atoms with Crippen molar-refractivity contribution in [3.63, 3.8) is 0 Å². The van der Waals surface area contributed by atoms with Gasteiger partial charge in [-0.15, -0.1) is 0 Å². The van der Waals surface area contributed by atoms with Crippen LogP contribution in [0.4, 0.5) is 0 Å². The van der Waals surface area contributed by atoms with Gasteiger partial charge in [0, 0.05) is 11.3 Å². The Kier molecular flexibility index (Phi) is 6.29. The van der Waals surface area contributed by atoms with Crippen molar-refractivity contribution in [3.05, 3.63) is 0 Å². The van der Waals surface area contributed by atoms with Gasteiger partial charge in [0.2, 0.25) is 5.91 Å². The molecule has 3 nitrogen and oxygen atoms in total. The molecule has 0 aliphatic carbocycles. The van der Waals surface area contributed by atoms with E-state index in [1.807, 2.05) is 0 Å². The number of rotatable bonds is 6. The molecule has 0 heterocycles. The number of hydrogen-bond donors (Lipinski definition) is 2. The molecule has 0 bridgehead atoms. The van der Waals surface area contributed by atoms with E-state index in [0.717, 1.165) is 6.42 Å². The first kappa shape index (κ1) is 14.8. The molecule has 0 aliphatic heterocycles. The predicted octanol–water partition coefficient (Wildman–Crippen LogP) is 1.62. The summed E-state index contributed by atoms with van der Waals surface area (Å²) in [5.74, 6) is 0.564. The number of hydrogen-bond acceptors (Lipinski definition) is 3. The van der Waals surface area contributed by atoms with Gasteiger partial charge in [0.15, 0.2) is 0 Å². The molecule has 0 aromatic carbocycles. The first-order valence-corrected chi connectivity index (χ1v) is 6.61. The fraction of sp³-hybridized carbons (Fsp3) is 0.909.